The third-order valence-corrected chi connectivity index (χ3v) is 4.46. The highest BCUT2D eigenvalue weighted by Gasteiger charge is 2.36. The molecule has 0 amide bonds. The minimum absolute atomic E-state index is 0.0872. The van der Waals surface area contributed by atoms with E-state index in [1.54, 1.807) is 0 Å². The highest BCUT2D eigenvalue weighted by Crippen LogP contribution is 2.26. The van der Waals surface area contributed by atoms with Crippen LogP contribution in [0.2, 0.25) is 0 Å². The van der Waals surface area contributed by atoms with Gasteiger partial charge in [0.05, 0.1) is 30.5 Å². The normalized spacial score (nSPS) is 25.5. The van der Waals surface area contributed by atoms with E-state index < -0.39 is 36.5 Å². The fourth-order valence-electron chi connectivity index (χ4n) is 2.90. The summed E-state index contributed by atoms with van der Waals surface area (Å²) >= 11 is 0. The van der Waals surface area contributed by atoms with E-state index in [9.17, 15) is 20.1 Å². The summed E-state index contributed by atoms with van der Waals surface area (Å²) in [5.74, 6) is -0.945. The zero-order valence-corrected chi connectivity index (χ0v) is 16.6. The summed E-state index contributed by atoms with van der Waals surface area (Å²) < 4.78 is 5.56. The number of carbonyl (C=O) groups is 1. The maximum atomic E-state index is 10.6. The number of aliphatic carboxylic acids is 1. The quantitative estimate of drug-likeness (QED) is 0.358. The van der Waals surface area contributed by atoms with E-state index >= 15 is 0 Å². The first-order valence-corrected chi connectivity index (χ1v) is 9.98. The monoisotopic (exact) mass is 394 g/mol. The third kappa shape index (κ3) is 10.6. The van der Waals surface area contributed by atoms with E-state index in [1.165, 1.54) is 12.2 Å². The molecule has 1 fully saturated rings. The predicted octanol–water partition coefficient (Wildman–Crippen LogP) is 2.90. The van der Waals surface area contributed by atoms with Crippen LogP contribution in [0.5, 0.6) is 0 Å². The van der Waals surface area contributed by atoms with Crippen molar-refractivity contribution in [3.63, 3.8) is 0 Å². The lowest BCUT2D eigenvalue weighted by Gasteiger charge is -2.16. The second kappa shape index (κ2) is 14.3. The second-order valence-corrected chi connectivity index (χ2v) is 6.92. The molecule has 0 aliphatic carbocycles. The van der Waals surface area contributed by atoms with Crippen LogP contribution in [0.3, 0.4) is 0 Å². The fraction of sp³-hybridized carbons (Fsp3) is 0.591. The predicted molar refractivity (Wildman–Crippen MR) is 109 cm³/mol. The van der Waals surface area contributed by atoms with Gasteiger partial charge >= 0.3 is 5.97 Å². The molecule has 1 heterocycles. The average molecular weight is 395 g/mol. The van der Waals surface area contributed by atoms with Crippen molar-refractivity contribution >= 4 is 5.97 Å². The van der Waals surface area contributed by atoms with Gasteiger partial charge in [-0.1, -0.05) is 55.5 Å². The molecule has 0 saturated carbocycles. The Balaban J connectivity index is 2.28. The molecule has 0 unspecified atom stereocenters. The minimum Gasteiger partial charge on any atom is -0.481 e. The Morgan fingerprint density at radius 3 is 2.36 bits per heavy atom. The van der Waals surface area contributed by atoms with Crippen molar-refractivity contribution in [3.05, 3.63) is 48.6 Å². The molecule has 1 saturated heterocycles. The van der Waals surface area contributed by atoms with Crippen LogP contribution in [0.1, 0.15) is 51.9 Å². The average Bonchev–Trinajstić information content (AvgIpc) is 3.04. The van der Waals surface area contributed by atoms with Gasteiger partial charge in [0.1, 0.15) is 0 Å². The van der Waals surface area contributed by atoms with Crippen LogP contribution in [0.25, 0.3) is 0 Å². The molecule has 1 rings (SSSR count). The molecule has 28 heavy (non-hydrogen) atoms. The summed E-state index contributed by atoms with van der Waals surface area (Å²) in [4.78, 5) is 10.6. The van der Waals surface area contributed by atoms with Gasteiger partial charge in [-0.25, -0.2) is 0 Å². The summed E-state index contributed by atoms with van der Waals surface area (Å²) in [6.07, 6.45) is 15.3. The van der Waals surface area contributed by atoms with Crippen LogP contribution in [-0.4, -0.2) is 56.9 Å². The largest absolute Gasteiger partial charge is 0.481 e. The first-order chi connectivity index (χ1) is 13.4. The Morgan fingerprint density at radius 2 is 1.71 bits per heavy atom. The fourth-order valence-corrected chi connectivity index (χ4v) is 2.90. The molecule has 0 aromatic rings. The number of hydrogen-bond acceptors (Lipinski definition) is 5. The number of ether oxygens (including phenoxy) is 1. The van der Waals surface area contributed by atoms with Gasteiger partial charge < -0.3 is 25.2 Å². The molecule has 0 spiro atoms. The smallest absolute Gasteiger partial charge is 0.303 e. The van der Waals surface area contributed by atoms with Gasteiger partial charge in [0, 0.05) is 12.8 Å². The molecule has 1 aliphatic heterocycles. The third-order valence-electron chi connectivity index (χ3n) is 4.46. The number of carboxylic acid groups (broad SMARTS) is 1. The lowest BCUT2D eigenvalue weighted by Crippen LogP contribution is -2.25. The summed E-state index contributed by atoms with van der Waals surface area (Å²) in [5.41, 5.74) is 0. The van der Waals surface area contributed by atoms with Gasteiger partial charge in [-0.05, 0) is 32.1 Å². The van der Waals surface area contributed by atoms with E-state index in [0.29, 0.717) is 6.42 Å². The SMILES string of the molecule is CC/C=C\C/C=C\C/C=C\C[C@@H](O)/C=C/[C@H](O)[C@H]1C[C@@H](O)[C@@H](CCC(=O)O)O1. The van der Waals surface area contributed by atoms with Crippen molar-refractivity contribution in [1.29, 1.82) is 0 Å². The van der Waals surface area contributed by atoms with Crippen LogP contribution in [0.4, 0.5) is 0 Å². The van der Waals surface area contributed by atoms with Gasteiger partial charge in [-0.15, -0.1) is 0 Å². The number of hydrogen-bond donors (Lipinski definition) is 4. The Hall–Kier alpha value is -1.73. The van der Waals surface area contributed by atoms with E-state index in [4.69, 9.17) is 9.84 Å². The van der Waals surface area contributed by atoms with Gasteiger partial charge in [0.25, 0.3) is 0 Å². The topological polar surface area (TPSA) is 107 Å². The van der Waals surface area contributed by atoms with Crippen molar-refractivity contribution in [3.8, 4) is 0 Å². The molecule has 6 heteroatoms. The van der Waals surface area contributed by atoms with Crippen molar-refractivity contribution in [2.75, 3.05) is 0 Å². The molecule has 0 bridgehead atoms. The molecular formula is C22H34O6. The molecule has 5 atom stereocenters. The standard InChI is InChI=1S/C22H34O6/c1-2-3-4-5-6-7-8-9-10-11-17(23)12-13-18(24)21-16-19(25)20(28-21)14-15-22(26)27/h3-4,6-7,9-10,12-13,17-21,23-25H,2,5,8,11,14-16H2,1H3,(H,26,27)/b4-3-,7-6-,10-9-,13-12+/t17-,18+,19-,20-,21-/m1/s1. The first-order valence-electron chi connectivity index (χ1n) is 9.98. The molecule has 4 N–H and O–H groups in total. The van der Waals surface area contributed by atoms with Crippen LogP contribution in [0.15, 0.2) is 48.6 Å². The molecule has 1 aliphatic rings. The van der Waals surface area contributed by atoms with Crippen molar-refractivity contribution in [1.82, 2.24) is 0 Å². The number of carboxylic acids is 1. The van der Waals surface area contributed by atoms with Crippen molar-refractivity contribution < 1.29 is 30.0 Å². The highest BCUT2D eigenvalue weighted by molar-refractivity contribution is 5.66. The Labute approximate surface area is 167 Å². The Morgan fingerprint density at radius 1 is 1.07 bits per heavy atom. The van der Waals surface area contributed by atoms with Gasteiger partial charge in [-0.3, -0.25) is 4.79 Å². The lowest BCUT2D eigenvalue weighted by molar-refractivity contribution is -0.138. The molecule has 0 aromatic heterocycles. The number of aliphatic hydroxyl groups excluding tert-OH is 3. The Bertz CT molecular complexity index is 551. The summed E-state index contributed by atoms with van der Waals surface area (Å²) in [6, 6.07) is 0. The maximum absolute atomic E-state index is 10.6. The van der Waals surface area contributed by atoms with Crippen LogP contribution >= 0.6 is 0 Å². The summed E-state index contributed by atoms with van der Waals surface area (Å²) in [7, 11) is 0. The van der Waals surface area contributed by atoms with E-state index in [1.807, 2.05) is 12.2 Å². The van der Waals surface area contributed by atoms with E-state index in [-0.39, 0.29) is 19.3 Å². The van der Waals surface area contributed by atoms with E-state index in [2.05, 4.69) is 31.2 Å². The number of allylic oxidation sites excluding steroid dienone is 5. The molecule has 0 radical (unpaired) electrons. The van der Waals surface area contributed by atoms with Crippen molar-refractivity contribution in [2.45, 2.75) is 82.4 Å². The Kier molecular flexibility index (Phi) is 12.4. The summed E-state index contributed by atoms with van der Waals surface area (Å²) in [5, 5.41) is 38.7. The lowest BCUT2D eigenvalue weighted by atomic mass is 10.0. The van der Waals surface area contributed by atoms with Crippen molar-refractivity contribution in [2.24, 2.45) is 0 Å². The number of aliphatic hydroxyl groups is 3. The van der Waals surface area contributed by atoms with Crippen LogP contribution in [0, 0.1) is 0 Å². The van der Waals surface area contributed by atoms with Gasteiger partial charge in [-0.2, -0.15) is 0 Å². The van der Waals surface area contributed by atoms with Gasteiger partial charge in [0.2, 0.25) is 0 Å². The van der Waals surface area contributed by atoms with Crippen LogP contribution in [-0.2, 0) is 9.53 Å². The molecule has 158 valence electrons. The zero-order valence-electron chi connectivity index (χ0n) is 16.6. The number of rotatable bonds is 13. The summed E-state index contributed by atoms with van der Waals surface area (Å²) in [6.45, 7) is 2.10. The minimum atomic E-state index is -0.956. The first kappa shape index (κ1) is 24.3. The highest BCUT2D eigenvalue weighted by atomic mass is 16.5. The van der Waals surface area contributed by atoms with Crippen LogP contribution < -0.4 is 0 Å². The second-order valence-electron chi connectivity index (χ2n) is 6.92. The molecular weight excluding hydrogens is 360 g/mol. The zero-order chi connectivity index (χ0) is 20.8. The van der Waals surface area contributed by atoms with E-state index in [0.717, 1.165) is 19.3 Å². The molecule has 6 nitrogen and oxygen atoms in total. The maximum Gasteiger partial charge on any atom is 0.303 e. The van der Waals surface area contributed by atoms with Gasteiger partial charge in [0.15, 0.2) is 0 Å². The molecule has 0 aromatic carbocycles.